The van der Waals surface area contributed by atoms with Gasteiger partial charge in [0.1, 0.15) is 0 Å². The van der Waals surface area contributed by atoms with E-state index in [-0.39, 0.29) is 0 Å². The van der Waals surface area contributed by atoms with Crippen LogP contribution in [0.15, 0.2) is 0 Å². The van der Waals surface area contributed by atoms with Gasteiger partial charge in [-0.3, -0.25) is 0 Å². The van der Waals surface area contributed by atoms with Crippen molar-refractivity contribution in [1.29, 1.82) is 0 Å². The third-order valence-corrected chi connectivity index (χ3v) is 4.42. The van der Waals surface area contributed by atoms with Crippen LogP contribution in [0.4, 0.5) is 0 Å². The van der Waals surface area contributed by atoms with Crippen molar-refractivity contribution in [3.05, 3.63) is 0 Å². The normalized spacial score (nSPS) is 37.8. The quantitative estimate of drug-likeness (QED) is 0.195. The zero-order valence-corrected chi connectivity index (χ0v) is 9.39. The van der Waals surface area contributed by atoms with Gasteiger partial charge in [0, 0.05) is 0 Å². The van der Waals surface area contributed by atoms with Crippen molar-refractivity contribution in [3.8, 4) is 0 Å². The Hall–Kier alpha value is 0.650. The molecular formula is C8H16IN2-. The Bertz CT molecular complexity index is 154. The second-order valence-corrected chi connectivity index (χ2v) is 6.72. The van der Waals surface area contributed by atoms with Crippen molar-refractivity contribution >= 4 is 0 Å². The molecule has 1 N–H and O–H groups in total. The summed E-state index contributed by atoms with van der Waals surface area (Å²) < 4.78 is 4.32. The number of hydrogen-bond acceptors (Lipinski definition) is 2. The molecule has 3 heteroatoms. The van der Waals surface area contributed by atoms with Crippen LogP contribution in [0.2, 0.25) is 0 Å². The molecule has 0 saturated carbocycles. The van der Waals surface area contributed by atoms with Crippen LogP contribution >= 0.6 is 0 Å². The first-order valence-electron chi connectivity index (χ1n) is 4.29. The minimum absolute atomic E-state index is 0.383. The molecule has 2 nitrogen and oxygen atoms in total. The summed E-state index contributed by atoms with van der Waals surface area (Å²) in [6.45, 7) is 7.42. The summed E-state index contributed by atoms with van der Waals surface area (Å²) in [6.07, 6.45) is 2.81. The maximum atomic E-state index is 3.48. The molecule has 66 valence electrons. The molecule has 0 spiro atoms. The molecule has 0 aromatic carbocycles. The van der Waals surface area contributed by atoms with Gasteiger partial charge in [-0.05, 0) is 0 Å². The van der Waals surface area contributed by atoms with E-state index in [1.807, 2.05) is 0 Å². The van der Waals surface area contributed by atoms with E-state index >= 15 is 0 Å². The fraction of sp³-hybridized carbons (Fsp3) is 1.00. The molecule has 2 aliphatic rings. The molecule has 11 heavy (non-hydrogen) atoms. The second kappa shape index (κ2) is 2.85. The summed E-state index contributed by atoms with van der Waals surface area (Å²) in [5.41, 5.74) is 0.576. The van der Waals surface area contributed by atoms with E-state index < -0.39 is 0 Å². The minimum atomic E-state index is 0.383. The molecule has 2 fully saturated rings. The van der Waals surface area contributed by atoms with E-state index in [2.05, 4.69) is 22.3 Å². The second-order valence-electron chi connectivity index (χ2n) is 4.29. The third-order valence-electron chi connectivity index (χ3n) is 2.46. The zero-order valence-electron chi connectivity index (χ0n) is 7.23. The fourth-order valence-electron chi connectivity index (χ4n) is 1.83. The molecule has 2 rings (SSSR count). The molecule has 0 aliphatic carbocycles. The summed E-state index contributed by atoms with van der Waals surface area (Å²) in [6, 6.07) is 0. The molecule has 2 heterocycles. The summed E-state index contributed by atoms with van der Waals surface area (Å²) in [4.78, 5) is 2.64. The number of halogens is 1. The predicted octanol–water partition coefficient (Wildman–Crippen LogP) is -2.00. The van der Waals surface area contributed by atoms with Crippen LogP contribution in [0, 0.1) is 5.41 Å². The SMILES string of the molecule is CC1(C)CCCN(C2N[I-]2)C1. The van der Waals surface area contributed by atoms with E-state index in [0.29, 0.717) is 26.9 Å². The summed E-state index contributed by atoms with van der Waals surface area (Å²) in [5.74, 6) is 0. The molecule has 0 aromatic heterocycles. The van der Waals surface area contributed by atoms with E-state index in [0.717, 1.165) is 4.17 Å². The molecule has 2 saturated heterocycles. The van der Waals surface area contributed by atoms with Crippen LogP contribution in [-0.2, 0) is 0 Å². The van der Waals surface area contributed by atoms with Gasteiger partial charge in [-0.2, -0.15) is 0 Å². The number of nitrogens with zero attached hydrogens (tertiary/aromatic N) is 1. The number of piperidine rings is 1. The molecule has 0 radical (unpaired) electrons. The number of hydrogen-bond donors (Lipinski definition) is 1. The molecule has 1 unspecified atom stereocenters. The monoisotopic (exact) mass is 267 g/mol. The van der Waals surface area contributed by atoms with Crippen LogP contribution in [0.3, 0.4) is 0 Å². The van der Waals surface area contributed by atoms with Gasteiger partial charge in [-0.25, -0.2) is 0 Å². The van der Waals surface area contributed by atoms with Crippen LogP contribution < -0.4 is 25.0 Å². The Kier molecular flexibility index (Phi) is 2.14. The first-order valence-corrected chi connectivity index (χ1v) is 6.62. The Morgan fingerprint density at radius 2 is 2.27 bits per heavy atom. The molecule has 1 atom stereocenters. The van der Waals surface area contributed by atoms with Crippen molar-refractivity contribution in [3.63, 3.8) is 0 Å². The van der Waals surface area contributed by atoms with Crippen molar-refractivity contribution in [2.45, 2.75) is 30.9 Å². The first kappa shape index (κ1) is 8.26. The number of nitrogens with one attached hydrogen (secondary N) is 1. The van der Waals surface area contributed by atoms with Gasteiger partial charge in [-0.1, -0.05) is 0 Å². The van der Waals surface area contributed by atoms with Crippen LogP contribution in [0.25, 0.3) is 0 Å². The average Bonchev–Trinajstić information content (AvgIpc) is 2.65. The number of likely N-dealkylation sites (tertiary alicyclic amines) is 1. The average molecular weight is 267 g/mol. The molecule has 0 aromatic rings. The molecular weight excluding hydrogens is 251 g/mol. The third kappa shape index (κ3) is 2.06. The van der Waals surface area contributed by atoms with Crippen molar-refractivity contribution < 1.29 is 21.5 Å². The number of rotatable bonds is 1. The summed E-state index contributed by atoms with van der Waals surface area (Å²) in [5, 5.41) is 0. The number of alkyl halides is 1. The van der Waals surface area contributed by atoms with Gasteiger partial charge >= 0.3 is 79.3 Å². The van der Waals surface area contributed by atoms with Crippen molar-refractivity contribution in [2.24, 2.45) is 5.41 Å². The van der Waals surface area contributed by atoms with Crippen LogP contribution in [0.1, 0.15) is 26.7 Å². The Morgan fingerprint density at radius 3 is 2.82 bits per heavy atom. The van der Waals surface area contributed by atoms with Crippen LogP contribution in [0.5, 0.6) is 0 Å². The zero-order chi connectivity index (χ0) is 7.90. The van der Waals surface area contributed by atoms with Gasteiger partial charge < -0.3 is 0 Å². The van der Waals surface area contributed by atoms with Crippen molar-refractivity contribution in [2.75, 3.05) is 13.1 Å². The van der Waals surface area contributed by atoms with Crippen molar-refractivity contribution in [1.82, 2.24) is 8.43 Å². The van der Waals surface area contributed by atoms with E-state index in [1.165, 1.54) is 25.9 Å². The van der Waals surface area contributed by atoms with Gasteiger partial charge in [0.05, 0.1) is 0 Å². The predicted molar refractivity (Wildman–Crippen MR) is 41.5 cm³/mol. The standard InChI is InChI=1S/C8H16IN2/c1-8(2)4-3-5-11(6-8)7-9-10-7/h7,10H,3-6H2,1-2H3/q-1. The van der Waals surface area contributed by atoms with E-state index in [9.17, 15) is 0 Å². The van der Waals surface area contributed by atoms with Gasteiger partial charge in [-0.15, -0.1) is 0 Å². The fourth-order valence-corrected chi connectivity index (χ4v) is 3.25. The Balaban J connectivity index is 1.92. The van der Waals surface area contributed by atoms with Gasteiger partial charge in [0.15, 0.2) is 0 Å². The maximum absolute atomic E-state index is 3.48. The van der Waals surface area contributed by atoms with Crippen LogP contribution in [-0.4, -0.2) is 22.2 Å². The molecule has 0 bridgehead atoms. The summed E-state index contributed by atoms with van der Waals surface area (Å²) >= 11 is 0.383. The topological polar surface area (TPSA) is 25.2 Å². The molecule has 0 amide bonds. The first-order chi connectivity index (χ1) is 5.17. The summed E-state index contributed by atoms with van der Waals surface area (Å²) in [7, 11) is 0. The van der Waals surface area contributed by atoms with E-state index in [4.69, 9.17) is 0 Å². The van der Waals surface area contributed by atoms with Gasteiger partial charge in [0.25, 0.3) is 0 Å². The Morgan fingerprint density at radius 1 is 1.55 bits per heavy atom. The Labute approximate surface area is 79.3 Å². The van der Waals surface area contributed by atoms with E-state index in [1.54, 1.807) is 0 Å². The molecule has 2 aliphatic heterocycles. The van der Waals surface area contributed by atoms with Gasteiger partial charge in [0.2, 0.25) is 0 Å².